The van der Waals surface area contributed by atoms with E-state index >= 15 is 0 Å². The number of aromatic amines is 1. The fraction of sp³-hybridized carbons (Fsp3) is 0.435. The van der Waals surface area contributed by atoms with Crippen LogP contribution in [0.3, 0.4) is 0 Å². The van der Waals surface area contributed by atoms with Crippen LogP contribution in [0.15, 0.2) is 12.5 Å². The van der Waals surface area contributed by atoms with Crippen LogP contribution < -0.4 is 10.2 Å². The molecular weight excluding hydrogens is 506 g/mol. The minimum Gasteiger partial charge on any atom is -0.462 e. The van der Waals surface area contributed by atoms with Gasteiger partial charge in [0.25, 0.3) is 5.91 Å². The molecule has 11 nitrogen and oxygen atoms in total. The fourth-order valence-electron chi connectivity index (χ4n) is 4.10. The Hall–Kier alpha value is -3.40. The van der Waals surface area contributed by atoms with E-state index in [0.717, 1.165) is 0 Å². The molecule has 3 aromatic rings. The van der Waals surface area contributed by atoms with Gasteiger partial charge in [-0.05, 0) is 20.3 Å². The van der Waals surface area contributed by atoms with Crippen LogP contribution in [0.5, 0.6) is 0 Å². The molecule has 13 heteroatoms. The maximum atomic E-state index is 12.9. The summed E-state index contributed by atoms with van der Waals surface area (Å²) < 4.78 is 12.7. The number of amides is 1. The van der Waals surface area contributed by atoms with Crippen LogP contribution in [-0.4, -0.2) is 70.3 Å². The smallest absolute Gasteiger partial charge is 0.350 e. The van der Waals surface area contributed by atoms with Crippen LogP contribution in [-0.2, 0) is 16.5 Å². The molecule has 0 radical (unpaired) electrons. The molecule has 2 unspecified atom stereocenters. The molecule has 4 rings (SSSR count). The van der Waals surface area contributed by atoms with E-state index in [1.54, 1.807) is 38.0 Å². The van der Waals surface area contributed by atoms with Crippen molar-refractivity contribution in [2.24, 2.45) is 7.05 Å². The summed E-state index contributed by atoms with van der Waals surface area (Å²) in [5.41, 5.74) is 1.87. The number of nitriles is 1. The zero-order chi connectivity index (χ0) is 26.0. The number of carbonyl (C=O) groups is 2. The second kappa shape index (κ2) is 10.7. The molecule has 1 aliphatic rings. The molecule has 2 atom stereocenters. The van der Waals surface area contributed by atoms with Gasteiger partial charge in [-0.1, -0.05) is 22.9 Å². The third-order valence-electron chi connectivity index (χ3n) is 5.92. The van der Waals surface area contributed by atoms with Crippen LogP contribution in [0.4, 0.5) is 5.13 Å². The van der Waals surface area contributed by atoms with Gasteiger partial charge < -0.3 is 29.2 Å². The summed E-state index contributed by atoms with van der Waals surface area (Å²) >= 11 is 7.38. The number of thiazole rings is 1. The number of nitrogens with zero attached hydrogens (tertiary/aromatic N) is 5. The van der Waals surface area contributed by atoms with Gasteiger partial charge in [-0.15, -0.1) is 0 Å². The highest BCUT2D eigenvalue weighted by Crippen LogP contribution is 2.34. The number of aryl methyl sites for hydroxylation is 2. The van der Waals surface area contributed by atoms with Gasteiger partial charge in [0, 0.05) is 39.1 Å². The number of H-pyrrole nitrogens is 1. The van der Waals surface area contributed by atoms with Crippen molar-refractivity contribution in [2.45, 2.75) is 32.4 Å². The third kappa shape index (κ3) is 4.95. The van der Waals surface area contributed by atoms with Crippen LogP contribution in [0.2, 0.25) is 5.02 Å². The van der Waals surface area contributed by atoms with Gasteiger partial charge in [0.1, 0.15) is 33.6 Å². The van der Waals surface area contributed by atoms with Crippen molar-refractivity contribution in [3.63, 3.8) is 0 Å². The Morgan fingerprint density at radius 2 is 2.22 bits per heavy atom. The van der Waals surface area contributed by atoms with Gasteiger partial charge in [0.2, 0.25) is 0 Å². The van der Waals surface area contributed by atoms with Crippen LogP contribution in [0.25, 0.3) is 11.4 Å². The van der Waals surface area contributed by atoms with E-state index in [-0.39, 0.29) is 35.0 Å². The quantitative estimate of drug-likeness (QED) is 0.444. The van der Waals surface area contributed by atoms with E-state index in [1.165, 1.54) is 11.3 Å². The molecule has 190 valence electrons. The Labute approximate surface area is 217 Å². The number of piperidine rings is 1. The molecule has 3 aromatic heterocycles. The number of hydrogen-bond acceptors (Lipinski definition) is 9. The Morgan fingerprint density at radius 1 is 1.44 bits per heavy atom. The number of nitrogens with one attached hydrogen (secondary N) is 2. The lowest BCUT2D eigenvalue weighted by molar-refractivity contribution is 0.0531. The molecular formula is C23H26ClN7O4S. The standard InChI is InChI=1S/C23H26ClN7O4S/c1-5-35-22(33)20-19(15-9-30(3)11-26-15)29-23(36-20)31-7-6-14(16(10-31)34-4)28-21(32)18-13(8-25)17(24)12(2)27-18/h9,11,14,16,27H,5-7,10H2,1-4H3,(H,28,32). The second-order valence-corrected chi connectivity index (χ2v) is 9.69. The lowest BCUT2D eigenvalue weighted by Crippen LogP contribution is -2.55. The van der Waals surface area contributed by atoms with Crippen molar-refractivity contribution in [2.75, 3.05) is 31.7 Å². The topological polar surface area (TPSA) is 138 Å². The molecule has 0 aromatic carbocycles. The summed E-state index contributed by atoms with van der Waals surface area (Å²) in [6.45, 7) is 4.72. The summed E-state index contributed by atoms with van der Waals surface area (Å²) in [6, 6.07) is 1.68. The van der Waals surface area contributed by atoms with E-state index < -0.39 is 11.9 Å². The molecule has 4 heterocycles. The highest BCUT2D eigenvalue weighted by molar-refractivity contribution is 7.17. The lowest BCUT2D eigenvalue weighted by Gasteiger charge is -2.37. The van der Waals surface area contributed by atoms with Gasteiger partial charge in [-0.25, -0.2) is 14.8 Å². The van der Waals surface area contributed by atoms with E-state index in [1.807, 2.05) is 18.0 Å². The molecule has 0 saturated carbocycles. The van der Waals surface area contributed by atoms with Crippen molar-refractivity contribution in [3.05, 3.63) is 39.4 Å². The van der Waals surface area contributed by atoms with Gasteiger partial charge >= 0.3 is 5.97 Å². The predicted molar refractivity (Wildman–Crippen MR) is 134 cm³/mol. The predicted octanol–water partition coefficient (Wildman–Crippen LogP) is 2.91. The Kier molecular flexibility index (Phi) is 7.63. The van der Waals surface area contributed by atoms with Gasteiger partial charge in [-0.3, -0.25) is 4.79 Å². The number of methoxy groups -OCH3 is 1. The number of carbonyl (C=O) groups excluding carboxylic acids is 2. The third-order valence-corrected chi connectivity index (χ3v) is 7.49. The average Bonchev–Trinajstić information content (AvgIpc) is 3.57. The van der Waals surface area contributed by atoms with Crippen molar-refractivity contribution < 1.29 is 19.1 Å². The number of halogens is 1. The minimum absolute atomic E-state index is 0.120. The molecule has 1 amide bonds. The Morgan fingerprint density at radius 3 is 2.86 bits per heavy atom. The zero-order valence-corrected chi connectivity index (χ0v) is 21.9. The van der Waals surface area contributed by atoms with E-state index in [4.69, 9.17) is 26.1 Å². The lowest BCUT2D eigenvalue weighted by atomic mass is 10.0. The molecule has 1 aliphatic heterocycles. The molecule has 0 spiro atoms. The van der Waals surface area contributed by atoms with Crippen molar-refractivity contribution in [1.29, 1.82) is 5.26 Å². The molecule has 1 fully saturated rings. The summed E-state index contributed by atoms with van der Waals surface area (Å²) in [5, 5.41) is 13.2. The summed E-state index contributed by atoms with van der Waals surface area (Å²) in [5.74, 6) is -0.862. The Balaban J connectivity index is 1.54. The molecule has 0 bridgehead atoms. The number of esters is 1. The summed E-state index contributed by atoms with van der Waals surface area (Å²) in [7, 11) is 3.42. The number of anilines is 1. The van der Waals surface area contributed by atoms with Gasteiger partial charge in [0.15, 0.2) is 5.13 Å². The number of aromatic nitrogens is 4. The zero-order valence-electron chi connectivity index (χ0n) is 20.3. The monoisotopic (exact) mass is 531 g/mol. The first-order valence-electron chi connectivity index (χ1n) is 11.3. The fourth-order valence-corrected chi connectivity index (χ4v) is 5.29. The van der Waals surface area contributed by atoms with Crippen LogP contribution in [0.1, 0.15) is 44.8 Å². The highest BCUT2D eigenvalue weighted by atomic mass is 35.5. The number of imidazole rings is 1. The normalized spacial score (nSPS) is 17.6. The van der Waals surface area contributed by atoms with Crippen molar-refractivity contribution in [3.8, 4) is 17.5 Å². The Bertz CT molecular complexity index is 1320. The number of hydrogen-bond donors (Lipinski definition) is 2. The van der Waals surface area contributed by atoms with E-state index in [0.29, 0.717) is 46.6 Å². The maximum Gasteiger partial charge on any atom is 0.350 e. The summed E-state index contributed by atoms with van der Waals surface area (Å²) in [6.07, 6.45) is 3.65. The first kappa shape index (κ1) is 25.7. The van der Waals surface area contributed by atoms with Gasteiger partial charge in [0.05, 0.1) is 30.1 Å². The highest BCUT2D eigenvalue weighted by Gasteiger charge is 2.34. The van der Waals surface area contributed by atoms with Crippen LogP contribution in [0, 0.1) is 18.3 Å². The first-order chi connectivity index (χ1) is 17.3. The molecule has 36 heavy (non-hydrogen) atoms. The summed E-state index contributed by atoms with van der Waals surface area (Å²) in [4.78, 5) is 39.9. The van der Waals surface area contributed by atoms with Gasteiger partial charge in [-0.2, -0.15) is 5.26 Å². The molecule has 2 N–H and O–H groups in total. The molecule has 1 saturated heterocycles. The maximum absolute atomic E-state index is 12.9. The SMILES string of the molecule is CCOC(=O)c1sc(N2CCC(NC(=O)c3[nH]c(C)c(Cl)c3C#N)C(OC)C2)nc1-c1cn(C)cn1. The van der Waals surface area contributed by atoms with E-state index in [9.17, 15) is 14.9 Å². The second-order valence-electron chi connectivity index (χ2n) is 8.33. The van der Waals surface area contributed by atoms with Crippen molar-refractivity contribution in [1.82, 2.24) is 24.8 Å². The first-order valence-corrected chi connectivity index (χ1v) is 12.5. The van der Waals surface area contributed by atoms with Crippen molar-refractivity contribution >= 4 is 39.9 Å². The van der Waals surface area contributed by atoms with Crippen LogP contribution >= 0.6 is 22.9 Å². The largest absolute Gasteiger partial charge is 0.462 e. The minimum atomic E-state index is -0.444. The molecule has 0 aliphatic carbocycles. The van der Waals surface area contributed by atoms with E-state index in [2.05, 4.69) is 15.3 Å². The number of ether oxygens (including phenoxy) is 2. The average molecular weight is 532 g/mol. The number of rotatable bonds is 7.